The van der Waals surface area contributed by atoms with E-state index < -0.39 is 0 Å². The van der Waals surface area contributed by atoms with E-state index in [1.165, 1.54) is 19.2 Å². The minimum absolute atomic E-state index is 0.0803. The van der Waals surface area contributed by atoms with Crippen LogP contribution in [0.15, 0.2) is 54.6 Å². The first-order valence-corrected chi connectivity index (χ1v) is 10.2. The van der Waals surface area contributed by atoms with E-state index in [0.717, 1.165) is 11.3 Å². The lowest BCUT2D eigenvalue weighted by molar-refractivity contribution is -0.142. The summed E-state index contributed by atoms with van der Waals surface area (Å²) in [5.74, 6) is -0.484. The van der Waals surface area contributed by atoms with Gasteiger partial charge in [-0.25, -0.2) is 4.39 Å². The summed E-state index contributed by atoms with van der Waals surface area (Å²) >= 11 is 0. The Morgan fingerprint density at radius 2 is 1.67 bits per heavy atom. The highest BCUT2D eigenvalue weighted by atomic mass is 19.1. The first kappa shape index (κ1) is 21.8. The molecular formula is C23H28FN3O3. The molecule has 1 aliphatic rings. The van der Waals surface area contributed by atoms with Gasteiger partial charge in [-0.15, -0.1) is 0 Å². The third-order valence-electron chi connectivity index (χ3n) is 5.30. The van der Waals surface area contributed by atoms with Gasteiger partial charge in [-0.05, 0) is 29.8 Å². The van der Waals surface area contributed by atoms with Crippen molar-refractivity contribution in [3.8, 4) is 0 Å². The van der Waals surface area contributed by atoms with Crippen molar-refractivity contribution in [2.45, 2.75) is 13.0 Å². The minimum Gasteiger partial charge on any atom is -0.468 e. The Bertz CT molecular complexity index is 821. The van der Waals surface area contributed by atoms with Crippen LogP contribution in [-0.2, 0) is 20.9 Å². The summed E-state index contributed by atoms with van der Waals surface area (Å²) < 4.78 is 17.9. The molecule has 1 amide bonds. The van der Waals surface area contributed by atoms with Gasteiger partial charge < -0.3 is 14.5 Å². The molecule has 2 aromatic rings. The Morgan fingerprint density at radius 3 is 2.30 bits per heavy atom. The van der Waals surface area contributed by atoms with Crippen molar-refractivity contribution in [2.75, 3.05) is 51.3 Å². The second-order valence-electron chi connectivity index (χ2n) is 7.37. The van der Waals surface area contributed by atoms with Crippen molar-refractivity contribution in [1.82, 2.24) is 9.80 Å². The molecule has 6 nitrogen and oxygen atoms in total. The molecule has 0 aromatic heterocycles. The number of piperazine rings is 1. The maximum absolute atomic E-state index is 13.1. The number of benzene rings is 2. The van der Waals surface area contributed by atoms with Crippen LogP contribution in [0.1, 0.15) is 12.0 Å². The predicted octanol–water partition coefficient (Wildman–Crippen LogP) is 2.54. The van der Waals surface area contributed by atoms with Crippen molar-refractivity contribution in [1.29, 1.82) is 0 Å². The lowest BCUT2D eigenvalue weighted by Crippen LogP contribution is -2.49. The van der Waals surface area contributed by atoms with E-state index in [1.807, 2.05) is 40.1 Å². The van der Waals surface area contributed by atoms with E-state index in [4.69, 9.17) is 4.74 Å². The monoisotopic (exact) mass is 413 g/mol. The molecule has 0 aliphatic carbocycles. The molecule has 1 fully saturated rings. The number of esters is 1. The number of nitrogens with zero attached hydrogens (tertiary/aromatic N) is 3. The maximum Gasteiger partial charge on any atom is 0.319 e. The lowest BCUT2D eigenvalue weighted by atomic mass is 10.2. The summed E-state index contributed by atoms with van der Waals surface area (Å²) in [6, 6.07) is 16.3. The van der Waals surface area contributed by atoms with Crippen molar-refractivity contribution < 1.29 is 18.7 Å². The normalized spacial score (nSPS) is 14.1. The summed E-state index contributed by atoms with van der Waals surface area (Å²) in [4.78, 5) is 30.4. The second-order valence-corrected chi connectivity index (χ2v) is 7.37. The van der Waals surface area contributed by atoms with Gasteiger partial charge in [-0.3, -0.25) is 14.5 Å². The molecule has 30 heavy (non-hydrogen) atoms. The van der Waals surface area contributed by atoms with Gasteiger partial charge in [0, 0.05) is 51.4 Å². The molecule has 7 heteroatoms. The SMILES string of the molecule is COC(=O)CN(CCC(=O)N1CCN(c2ccc(F)cc2)CC1)Cc1ccccc1. The Balaban J connectivity index is 1.50. The first-order valence-electron chi connectivity index (χ1n) is 10.2. The van der Waals surface area contributed by atoms with Crippen molar-refractivity contribution in [3.63, 3.8) is 0 Å². The molecular weight excluding hydrogens is 385 g/mol. The van der Waals surface area contributed by atoms with Gasteiger partial charge in [0.25, 0.3) is 0 Å². The Hall–Kier alpha value is -2.93. The standard InChI is InChI=1S/C23H28FN3O3/c1-30-23(29)18-25(17-19-5-3-2-4-6-19)12-11-22(28)27-15-13-26(14-16-27)21-9-7-20(24)8-10-21/h2-10H,11-18H2,1H3. The van der Waals surface area contributed by atoms with Crippen LogP contribution in [0.3, 0.4) is 0 Å². The van der Waals surface area contributed by atoms with E-state index >= 15 is 0 Å². The van der Waals surface area contributed by atoms with Crippen LogP contribution in [0, 0.1) is 5.82 Å². The number of ether oxygens (including phenoxy) is 1. The van der Waals surface area contributed by atoms with Crippen LogP contribution in [0.5, 0.6) is 0 Å². The van der Waals surface area contributed by atoms with Gasteiger partial charge in [0.15, 0.2) is 0 Å². The van der Waals surface area contributed by atoms with E-state index in [2.05, 4.69) is 4.90 Å². The van der Waals surface area contributed by atoms with E-state index in [9.17, 15) is 14.0 Å². The minimum atomic E-state index is -0.314. The van der Waals surface area contributed by atoms with Gasteiger partial charge in [-0.1, -0.05) is 30.3 Å². The lowest BCUT2D eigenvalue weighted by Gasteiger charge is -2.36. The smallest absolute Gasteiger partial charge is 0.319 e. The van der Waals surface area contributed by atoms with Crippen LogP contribution in [0.4, 0.5) is 10.1 Å². The molecule has 0 radical (unpaired) electrons. The fraction of sp³-hybridized carbons (Fsp3) is 0.391. The van der Waals surface area contributed by atoms with Crippen molar-refractivity contribution in [2.24, 2.45) is 0 Å². The number of hydrogen-bond donors (Lipinski definition) is 0. The Labute approximate surface area is 176 Å². The number of carbonyl (C=O) groups is 2. The number of amides is 1. The number of rotatable bonds is 8. The zero-order valence-electron chi connectivity index (χ0n) is 17.3. The summed E-state index contributed by atoms with van der Waals surface area (Å²) in [7, 11) is 1.37. The number of methoxy groups -OCH3 is 1. The average Bonchev–Trinajstić information content (AvgIpc) is 2.78. The fourth-order valence-corrected chi connectivity index (χ4v) is 3.58. The molecule has 3 rings (SSSR count). The van der Waals surface area contributed by atoms with Gasteiger partial charge in [0.05, 0.1) is 13.7 Å². The van der Waals surface area contributed by atoms with Crippen LogP contribution in [0.2, 0.25) is 0 Å². The Morgan fingerprint density at radius 1 is 1.00 bits per heavy atom. The number of anilines is 1. The van der Waals surface area contributed by atoms with E-state index in [1.54, 1.807) is 12.1 Å². The topological polar surface area (TPSA) is 53.1 Å². The van der Waals surface area contributed by atoms with E-state index in [0.29, 0.717) is 45.7 Å². The third kappa shape index (κ3) is 6.29. The molecule has 0 unspecified atom stereocenters. The summed E-state index contributed by atoms with van der Waals surface area (Å²) in [5, 5.41) is 0. The van der Waals surface area contributed by atoms with Gasteiger partial charge >= 0.3 is 5.97 Å². The molecule has 0 saturated carbocycles. The fourth-order valence-electron chi connectivity index (χ4n) is 3.58. The zero-order valence-corrected chi connectivity index (χ0v) is 17.3. The van der Waals surface area contributed by atoms with Gasteiger partial charge in [0.2, 0.25) is 5.91 Å². The molecule has 160 valence electrons. The van der Waals surface area contributed by atoms with Gasteiger partial charge in [0.1, 0.15) is 5.82 Å². The number of carbonyl (C=O) groups excluding carboxylic acids is 2. The average molecular weight is 413 g/mol. The molecule has 0 bridgehead atoms. The predicted molar refractivity (Wildman–Crippen MR) is 114 cm³/mol. The summed E-state index contributed by atoms with van der Waals surface area (Å²) in [6.45, 7) is 3.91. The van der Waals surface area contributed by atoms with Crippen LogP contribution in [0.25, 0.3) is 0 Å². The summed E-state index contributed by atoms with van der Waals surface area (Å²) in [6.07, 6.45) is 0.348. The number of hydrogen-bond acceptors (Lipinski definition) is 5. The van der Waals surface area contributed by atoms with E-state index in [-0.39, 0.29) is 24.2 Å². The quantitative estimate of drug-likeness (QED) is 0.623. The van der Waals surface area contributed by atoms with Crippen LogP contribution < -0.4 is 4.90 Å². The Kier molecular flexibility index (Phi) is 7.79. The molecule has 1 heterocycles. The highest BCUT2D eigenvalue weighted by Gasteiger charge is 2.22. The molecule has 1 saturated heterocycles. The van der Waals surface area contributed by atoms with Crippen LogP contribution >= 0.6 is 0 Å². The first-order chi connectivity index (χ1) is 14.5. The molecule has 0 spiro atoms. The van der Waals surface area contributed by atoms with Crippen molar-refractivity contribution >= 4 is 17.6 Å². The molecule has 0 N–H and O–H groups in total. The molecule has 0 atom stereocenters. The largest absolute Gasteiger partial charge is 0.468 e. The highest BCUT2D eigenvalue weighted by Crippen LogP contribution is 2.17. The second kappa shape index (κ2) is 10.7. The molecule has 1 aliphatic heterocycles. The van der Waals surface area contributed by atoms with Gasteiger partial charge in [-0.2, -0.15) is 0 Å². The van der Waals surface area contributed by atoms with Crippen molar-refractivity contribution in [3.05, 3.63) is 66.0 Å². The summed E-state index contributed by atoms with van der Waals surface area (Å²) in [5.41, 5.74) is 2.05. The van der Waals surface area contributed by atoms with Crippen LogP contribution in [-0.4, -0.2) is 68.1 Å². The number of halogens is 1. The molecule has 2 aromatic carbocycles. The zero-order chi connectivity index (χ0) is 21.3. The third-order valence-corrected chi connectivity index (χ3v) is 5.30. The highest BCUT2D eigenvalue weighted by molar-refractivity contribution is 5.77. The maximum atomic E-state index is 13.1.